The first-order chi connectivity index (χ1) is 17.6. The summed E-state index contributed by atoms with van der Waals surface area (Å²) >= 11 is 0. The number of nitrogens with one attached hydrogen (secondary N) is 1. The highest BCUT2D eigenvalue weighted by atomic mass is 19.4. The maximum absolute atomic E-state index is 14.5. The lowest BCUT2D eigenvalue weighted by atomic mass is 9.98. The van der Waals surface area contributed by atoms with E-state index in [9.17, 15) is 26.7 Å². The van der Waals surface area contributed by atoms with Gasteiger partial charge in [-0.05, 0) is 30.9 Å². The van der Waals surface area contributed by atoms with E-state index in [0.717, 1.165) is 12.8 Å². The highest BCUT2D eigenvalue weighted by Gasteiger charge is 2.42. The molecule has 37 heavy (non-hydrogen) atoms. The van der Waals surface area contributed by atoms with E-state index < -0.39 is 29.6 Å². The van der Waals surface area contributed by atoms with Crippen molar-refractivity contribution >= 4 is 5.91 Å². The van der Waals surface area contributed by atoms with Crippen molar-refractivity contribution in [2.75, 3.05) is 0 Å². The Hall–Kier alpha value is -3.57. The van der Waals surface area contributed by atoms with Crippen molar-refractivity contribution in [1.29, 1.82) is 0 Å². The zero-order valence-corrected chi connectivity index (χ0v) is 19.9. The number of fused-ring (bicyclic) bond motifs is 2. The molecule has 1 N–H and O–H groups in total. The number of amides is 1. The molecule has 12 heteroatoms. The third kappa shape index (κ3) is 4.88. The Balaban J connectivity index is 1.29. The summed E-state index contributed by atoms with van der Waals surface area (Å²) in [5.74, 6) is -4.41. The maximum Gasteiger partial charge on any atom is 0.392 e. The molecule has 7 nitrogen and oxygen atoms in total. The predicted molar refractivity (Wildman–Crippen MR) is 124 cm³/mol. The Kier molecular flexibility index (Phi) is 6.36. The van der Waals surface area contributed by atoms with E-state index in [1.54, 1.807) is 28.8 Å². The number of nitrogens with zero attached hydrogens (tertiary/aromatic N) is 5. The zero-order chi connectivity index (χ0) is 26.4. The molecule has 0 unspecified atom stereocenters. The summed E-state index contributed by atoms with van der Waals surface area (Å²) in [5.41, 5.74) is 0.586. The molecule has 2 aliphatic heterocycles. The number of carbonyl (C=O) groups is 1. The first kappa shape index (κ1) is 25.1. The van der Waals surface area contributed by atoms with E-state index >= 15 is 0 Å². The fourth-order valence-electron chi connectivity index (χ4n) is 4.79. The summed E-state index contributed by atoms with van der Waals surface area (Å²) in [6.45, 7) is 3.86. The summed E-state index contributed by atoms with van der Waals surface area (Å²) in [6, 6.07) is 6.86. The Labute approximate surface area is 209 Å². The van der Waals surface area contributed by atoms with E-state index in [4.69, 9.17) is 0 Å². The lowest BCUT2D eigenvalue weighted by molar-refractivity contribution is -0.179. The van der Waals surface area contributed by atoms with Gasteiger partial charge in [0.05, 0.1) is 5.92 Å². The van der Waals surface area contributed by atoms with Crippen LogP contribution in [0.4, 0.5) is 22.0 Å². The highest BCUT2D eigenvalue weighted by molar-refractivity contribution is 5.94. The summed E-state index contributed by atoms with van der Waals surface area (Å²) in [6.07, 6.45) is -1.89. The van der Waals surface area contributed by atoms with Crippen LogP contribution in [0, 0.1) is 5.92 Å². The van der Waals surface area contributed by atoms with Crippen molar-refractivity contribution in [3.05, 3.63) is 65.5 Å². The Morgan fingerprint density at radius 2 is 1.84 bits per heavy atom. The monoisotopic (exact) mass is 520 g/mol. The molecule has 5 rings (SSSR count). The Morgan fingerprint density at radius 3 is 2.54 bits per heavy atom. The van der Waals surface area contributed by atoms with E-state index in [0.29, 0.717) is 47.6 Å². The fraction of sp³-hybridized carbons (Fsp3) is 0.440. The highest BCUT2D eigenvalue weighted by Crippen LogP contribution is 2.35. The normalized spacial score (nSPS) is 17.7. The molecule has 1 amide bonds. The van der Waals surface area contributed by atoms with Gasteiger partial charge in [-0.25, -0.2) is 14.6 Å². The molecule has 0 aliphatic carbocycles. The molecule has 2 aromatic heterocycles. The third-order valence-corrected chi connectivity index (χ3v) is 6.86. The molecule has 196 valence electrons. The van der Waals surface area contributed by atoms with Crippen LogP contribution in [0.1, 0.15) is 52.7 Å². The lowest BCUT2D eigenvalue weighted by Crippen LogP contribution is -2.31. The van der Waals surface area contributed by atoms with Gasteiger partial charge in [-0.15, -0.1) is 0 Å². The van der Waals surface area contributed by atoms with Gasteiger partial charge in [0.2, 0.25) is 0 Å². The van der Waals surface area contributed by atoms with Crippen LogP contribution in [0.25, 0.3) is 11.4 Å². The number of aryl methyl sites for hydroxylation is 2. The lowest BCUT2D eigenvalue weighted by Gasteiger charge is -2.24. The van der Waals surface area contributed by atoms with Crippen LogP contribution in [-0.2, 0) is 38.4 Å². The summed E-state index contributed by atoms with van der Waals surface area (Å²) in [4.78, 5) is 21.3. The van der Waals surface area contributed by atoms with Crippen molar-refractivity contribution in [2.24, 2.45) is 5.92 Å². The van der Waals surface area contributed by atoms with Crippen molar-refractivity contribution in [1.82, 2.24) is 29.6 Å². The average Bonchev–Trinajstić information content (AvgIpc) is 3.49. The van der Waals surface area contributed by atoms with Gasteiger partial charge in [0.1, 0.15) is 23.0 Å². The van der Waals surface area contributed by atoms with Crippen LogP contribution in [-0.4, -0.2) is 36.4 Å². The number of hydrogen-bond acceptors (Lipinski definition) is 4. The molecule has 0 fully saturated rings. The molecule has 1 atom stereocenters. The van der Waals surface area contributed by atoms with Crippen LogP contribution in [0.2, 0.25) is 0 Å². The average molecular weight is 521 g/mol. The number of aromatic nitrogens is 5. The fourth-order valence-corrected chi connectivity index (χ4v) is 4.79. The number of allylic oxidation sites excluding steroid dienone is 1. The van der Waals surface area contributed by atoms with E-state index in [1.807, 2.05) is 0 Å². The summed E-state index contributed by atoms with van der Waals surface area (Å²) < 4.78 is 71.3. The molecule has 0 spiro atoms. The van der Waals surface area contributed by atoms with Crippen LogP contribution in [0.15, 0.2) is 36.9 Å². The smallest absolute Gasteiger partial charge is 0.347 e. The molecular weight excluding hydrogens is 495 g/mol. The number of imidazole rings is 1. The van der Waals surface area contributed by atoms with Gasteiger partial charge in [-0.3, -0.25) is 4.79 Å². The first-order valence-electron chi connectivity index (χ1n) is 12.1. The number of alkyl halides is 5. The van der Waals surface area contributed by atoms with Crippen LogP contribution in [0.5, 0.6) is 0 Å². The molecule has 0 bridgehead atoms. The third-order valence-electron chi connectivity index (χ3n) is 6.86. The second-order valence-corrected chi connectivity index (χ2v) is 9.35. The van der Waals surface area contributed by atoms with Gasteiger partial charge < -0.3 is 9.88 Å². The van der Waals surface area contributed by atoms with E-state index in [2.05, 4.69) is 27.0 Å². The number of halogens is 5. The molecular formula is C25H25F5N6O. The van der Waals surface area contributed by atoms with E-state index in [1.165, 1.54) is 4.68 Å². The van der Waals surface area contributed by atoms with Gasteiger partial charge in [0.25, 0.3) is 5.91 Å². The zero-order valence-electron chi connectivity index (χ0n) is 19.9. The van der Waals surface area contributed by atoms with Crippen molar-refractivity contribution < 1.29 is 26.7 Å². The van der Waals surface area contributed by atoms with Gasteiger partial charge in [0, 0.05) is 38.0 Å². The minimum absolute atomic E-state index is 0.0290. The van der Waals surface area contributed by atoms with Gasteiger partial charge in [0.15, 0.2) is 5.82 Å². The quantitative estimate of drug-likeness (QED) is 0.374. The van der Waals surface area contributed by atoms with Gasteiger partial charge in [-0.1, -0.05) is 30.8 Å². The molecule has 3 aromatic rings. The summed E-state index contributed by atoms with van der Waals surface area (Å²) in [7, 11) is 0. The predicted octanol–water partition coefficient (Wildman–Crippen LogP) is 4.81. The van der Waals surface area contributed by atoms with Crippen LogP contribution >= 0.6 is 0 Å². The SMILES string of the molecule is C=CC(F)(F)c1nc2n(c1C(=O)NCc1ccc(-c3nc4n(n3)CC[C@H](C(F)(F)F)C4)cc1)CCCC2. The minimum Gasteiger partial charge on any atom is -0.347 e. The summed E-state index contributed by atoms with van der Waals surface area (Å²) in [5, 5.41) is 7.03. The number of rotatable bonds is 6. The topological polar surface area (TPSA) is 77.6 Å². The molecule has 0 saturated carbocycles. The number of carbonyl (C=O) groups excluding carboxylic acids is 1. The van der Waals surface area contributed by atoms with Crippen LogP contribution < -0.4 is 5.32 Å². The van der Waals surface area contributed by atoms with Crippen molar-refractivity contribution in [3.8, 4) is 11.4 Å². The van der Waals surface area contributed by atoms with Crippen molar-refractivity contribution in [2.45, 2.75) is 63.8 Å². The molecule has 2 aliphatic rings. The molecule has 0 radical (unpaired) electrons. The molecule has 0 saturated heterocycles. The number of benzene rings is 1. The van der Waals surface area contributed by atoms with E-state index in [-0.39, 0.29) is 31.6 Å². The number of hydrogen-bond donors (Lipinski definition) is 1. The molecule has 4 heterocycles. The minimum atomic E-state index is -4.26. The van der Waals surface area contributed by atoms with Gasteiger partial charge >= 0.3 is 12.1 Å². The maximum atomic E-state index is 14.5. The molecule has 1 aromatic carbocycles. The Morgan fingerprint density at radius 1 is 1.08 bits per heavy atom. The first-order valence-corrected chi connectivity index (χ1v) is 12.1. The van der Waals surface area contributed by atoms with Crippen LogP contribution in [0.3, 0.4) is 0 Å². The van der Waals surface area contributed by atoms with Gasteiger partial charge in [-0.2, -0.15) is 27.1 Å². The second-order valence-electron chi connectivity index (χ2n) is 9.35. The van der Waals surface area contributed by atoms with Crippen molar-refractivity contribution in [3.63, 3.8) is 0 Å². The Bertz CT molecular complexity index is 1320. The largest absolute Gasteiger partial charge is 0.392 e. The standard InChI is InChI=1S/C25H25F5N6O/c1-2-24(26,27)21-20(35-11-4-3-5-18(35)32-21)23(37)31-14-15-6-8-16(9-7-15)22-33-19-13-17(25(28,29)30)10-12-36(19)34-22/h2,6-9,17H,1,3-5,10-14H2,(H,31,37)/t17-/m0/s1. The second kappa shape index (κ2) is 9.38.